The normalized spacial score (nSPS) is 31.3. The molecule has 170 valence electrons. The second-order valence-corrected chi connectivity index (χ2v) is 8.86. The number of carbonyl (C=O) groups is 2. The molecule has 2 unspecified atom stereocenters. The summed E-state index contributed by atoms with van der Waals surface area (Å²) in [5.41, 5.74) is 0.949. The van der Waals surface area contributed by atoms with Gasteiger partial charge in [0.25, 0.3) is 0 Å². The van der Waals surface area contributed by atoms with Crippen molar-refractivity contribution in [1.29, 1.82) is 0 Å². The van der Waals surface area contributed by atoms with Gasteiger partial charge in [0.05, 0.1) is 24.2 Å². The number of carboxylic acids is 1. The first-order valence-electron chi connectivity index (χ1n) is 11.0. The van der Waals surface area contributed by atoms with Crippen LogP contribution >= 0.6 is 0 Å². The third-order valence-corrected chi connectivity index (χ3v) is 6.43. The van der Waals surface area contributed by atoms with Gasteiger partial charge in [0.2, 0.25) is 0 Å². The van der Waals surface area contributed by atoms with Gasteiger partial charge in [-0.1, -0.05) is 39.0 Å². The number of carbonyl (C=O) groups excluding carboxylic acids is 2. The van der Waals surface area contributed by atoms with Crippen molar-refractivity contribution in [3.63, 3.8) is 0 Å². The third-order valence-electron chi connectivity index (χ3n) is 6.43. The number of esters is 1. The van der Waals surface area contributed by atoms with Crippen LogP contribution in [0, 0.1) is 23.7 Å². The Morgan fingerprint density at radius 1 is 1.30 bits per heavy atom. The number of aliphatic hydroxyl groups excluding tert-OH is 3. The quantitative estimate of drug-likeness (QED) is 0.449. The van der Waals surface area contributed by atoms with Crippen LogP contribution in [0.15, 0.2) is 23.8 Å². The van der Waals surface area contributed by atoms with E-state index in [1.807, 2.05) is 26.0 Å². The van der Waals surface area contributed by atoms with Crippen LogP contribution in [0.3, 0.4) is 0 Å². The Morgan fingerprint density at radius 3 is 2.63 bits per heavy atom. The lowest BCUT2D eigenvalue weighted by molar-refractivity contribution is -0.307. The Morgan fingerprint density at radius 2 is 2.00 bits per heavy atom. The van der Waals surface area contributed by atoms with Gasteiger partial charge in [0.1, 0.15) is 6.10 Å². The van der Waals surface area contributed by atoms with Gasteiger partial charge in [-0.2, -0.15) is 0 Å². The number of hydrogen-bond donors (Lipinski definition) is 3. The molecule has 0 heterocycles. The molecule has 0 saturated carbocycles. The zero-order chi connectivity index (χ0) is 22.4. The minimum Gasteiger partial charge on any atom is -0.550 e. The van der Waals surface area contributed by atoms with Crippen molar-refractivity contribution in [3.05, 3.63) is 23.8 Å². The van der Waals surface area contributed by atoms with Crippen LogP contribution in [0.4, 0.5) is 0 Å². The topological polar surface area (TPSA) is 127 Å². The smallest absolute Gasteiger partial charge is 0.308 e. The molecular formula is C23H35O7-. The van der Waals surface area contributed by atoms with Crippen molar-refractivity contribution in [2.24, 2.45) is 23.7 Å². The summed E-state index contributed by atoms with van der Waals surface area (Å²) in [5.74, 6) is -1.60. The Hall–Kier alpha value is -1.70. The molecule has 3 N–H and O–H groups in total. The molecule has 0 radical (unpaired) electrons. The maximum absolute atomic E-state index is 12.4. The highest BCUT2D eigenvalue weighted by atomic mass is 16.5. The number of carboxylic acid groups (broad SMARTS) is 1. The van der Waals surface area contributed by atoms with Crippen LogP contribution in [0.1, 0.15) is 59.3 Å². The molecule has 7 heteroatoms. The summed E-state index contributed by atoms with van der Waals surface area (Å²) < 4.78 is 5.83. The Bertz CT molecular complexity index is 656. The summed E-state index contributed by atoms with van der Waals surface area (Å²) in [7, 11) is 0. The summed E-state index contributed by atoms with van der Waals surface area (Å²) in [6.07, 6.45) is 4.31. The van der Waals surface area contributed by atoms with E-state index in [9.17, 15) is 30.0 Å². The predicted molar refractivity (Wildman–Crippen MR) is 109 cm³/mol. The number of rotatable bonds is 10. The molecule has 0 aromatic carbocycles. The second-order valence-electron chi connectivity index (χ2n) is 8.86. The van der Waals surface area contributed by atoms with E-state index in [4.69, 9.17) is 4.74 Å². The second kappa shape index (κ2) is 11.1. The highest BCUT2D eigenvalue weighted by molar-refractivity contribution is 5.72. The number of fused-ring (bicyclic) bond motifs is 1. The Labute approximate surface area is 178 Å². The monoisotopic (exact) mass is 423 g/mol. The molecule has 0 saturated heterocycles. The molecule has 2 aliphatic carbocycles. The van der Waals surface area contributed by atoms with Crippen molar-refractivity contribution in [2.75, 3.05) is 0 Å². The first-order valence-corrected chi connectivity index (χ1v) is 11.0. The molecular weight excluding hydrogens is 388 g/mol. The van der Waals surface area contributed by atoms with Gasteiger partial charge in [0, 0.05) is 24.7 Å². The first-order chi connectivity index (χ1) is 14.1. The van der Waals surface area contributed by atoms with E-state index >= 15 is 0 Å². The maximum Gasteiger partial charge on any atom is 0.308 e. The SMILES string of the molecule is CC[C@H](C)C(=O)O[C@H]1C[C@H](O)C=C2C=C[C@H](C)[C@H](CCC(O)CC(O)CC(=O)[O-])[C@H]21. The van der Waals surface area contributed by atoms with E-state index in [2.05, 4.69) is 13.0 Å². The molecule has 0 aromatic rings. The van der Waals surface area contributed by atoms with Crippen LogP contribution in [0.25, 0.3) is 0 Å². The molecule has 0 fully saturated rings. The van der Waals surface area contributed by atoms with Gasteiger partial charge in [-0.25, -0.2) is 0 Å². The van der Waals surface area contributed by atoms with Gasteiger partial charge >= 0.3 is 5.97 Å². The average Bonchev–Trinajstić information content (AvgIpc) is 2.65. The number of hydrogen-bond acceptors (Lipinski definition) is 7. The molecule has 0 amide bonds. The van der Waals surface area contributed by atoms with Gasteiger partial charge in [-0.05, 0) is 43.1 Å². The molecule has 8 atom stereocenters. The molecule has 0 bridgehead atoms. The van der Waals surface area contributed by atoms with Crippen molar-refractivity contribution in [1.82, 2.24) is 0 Å². The van der Waals surface area contributed by atoms with Crippen molar-refractivity contribution < 1.29 is 34.8 Å². The predicted octanol–water partition coefficient (Wildman–Crippen LogP) is 1.11. The fraction of sp³-hybridized carbons (Fsp3) is 0.739. The zero-order valence-electron chi connectivity index (χ0n) is 18.1. The number of allylic oxidation sites excluding steroid dienone is 2. The van der Waals surface area contributed by atoms with Crippen molar-refractivity contribution >= 4 is 11.9 Å². The summed E-state index contributed by atoms with van der Waals surface area (Å²) in [6.45, 7) is 5.83. The van der Waals surface area contributed by atoms with Crippen LogP contribution in [-0.4, -0.2) is 51.7 Å². The van der Waals surface area contributed by atoms with Gasteiger partial charge < -0.3 is 30.0 Å². The van der Waals surface area contributed by atoms with Crippen molar-refractivity contribution in [3.8, 4) is 0 Å². The molecule has 30 heavy (non-hydrogen) atoms. The van der Waals surface area contributed by atoms with Crippen LogP contribution in [-0.2, 0) is 14.3 Å². The van der Waals surface area contributed by atoms with E-state index in [0.717, 1.165) is 5.57 Å². The van der Waals surface area contributed by atoms with E-state index in [0.29, 0.717) is 25.7 Å². The minimum absolute atomic E-state index is 0.0244. The summed E-state index contributed by atoms with van der Waals surface area (Å²) >= 11 is 0. The molecule has 0 aliphatic heterocycles. The fourth-order valence-corrected chi connectivity index (χ4v) is 4.51. The molecule has 2 aliphatic rings. The third kappa shape index (κ3) is 6.65. The van der Waals surface area contributed by atoms with E-state index in [1.165, 1.54) is 0 Å². The van der Waals surface area contributed by atoms with E-state index in [1.54, 1.807) is 0 Å². The van der Waals surface area contributed by atoms with Gasteiger partial charge in [-0.15, -0.1) is 0 Å². The van der Waals surface area contributed by atoms with Crippen LogP contribution in [0.5, 0.6) is 0 Å². The lowest BCUT2D eigenvalue weighted by Gasteiger charge is -2.43. The highest BCUT2D eigenvalue weighted by Gasteiger charge is 2.42. The molecule has 0 spiro atoms. The molecule has 2 rings (SSSR count). The number of ether oxygens (including phenoxy) is 1. The van der Waals surface area contributed by atoms with Gasteiger partial charge in [0.15, 0.2) is 0 Å². The lowest BCUT2D eigenvalue weighted by Crippen LogP contribution is -2.43. The van der Waals surface area contributed by atoms with Crippen LogP contribution < -0.4 is 5.11 Å². The molecule has 0 aromatic heterocycles. The fourth-order valence-electron chi connectivity index (χ4n) is 4.51. The maximum atomic E-state index is 12.4. The average molecular weight is 424 g/mol. The Balaban J connectivity index is 2.09. The van der Waals surface area contributed by atoms with Crippen molar-refractivity contribution in [2.45, 2.75) is 83.7 Å². The number of aliphatic carboxylic acids is 1. The van der Waals surface area contributed by atoms with Gasteiger partial charge in [-0.3, -0.25) is 4.79 Å². The zero-order valence-corrected chi connectivity index (χ0v) is 18.1. The first kappa shape index (κ1) is 24.6. The lowest BCUT2D eigenvalue weighted by atomic mass is 9.66. The van der Waals surface area contributed by atoms with E-state index < -0.39 is 36.8 Å². The van der Waals surface area contributed by atoms with E-state index in [-0.39, 0.29) is 36.1 Å². The summed E-state index contributed by atoms with van der Waals surface area (Å²) in [5, 5.41) is 40.8. The summed E-state index contributed by atoms with van der Waals surface area (Å²) in [6, 6.07) is 0. The summed E-state index contributed by atoms with van der Waals surface area (Å²) in [4.78, 5) is 23.0. The highest BCUT2D eigenvalue weighted by Crippen LogP contribution is 2.44. The Kier molecular flexibility index (Phi) is 9.07. The largest absolute Gasteiger partial charge is 0.550 e. The minimum atomic E-state index is -1.35. The molecule has 7 nitrogen and oxygen atoms in total. The number of aliphatic hydroxyl groups is 3. The van der Waals surface area contributed by atoms with Crippen LogP contribution in [0.2, 0.25) is 0 Å². The standard InChI is InChI=1S/C23H36O7/c1-4-13(2)23(29)30-20-11-17(25)9-15-6-5-14(3)19(22(15)20)8-7-16(24)10-18(26)12-21(27)28/h5-6,9,13-14,16-20,22,24-26H,4,7-8,10-12H2,1-3H3,(H,27,28)/p-1/t13-,14-,16?,17+,18?,19-,20-,22-/m0/s1.